The van der Waals surface area contributed by atoms with Crippen LogP contribution in [0.5, 0.6) is 0 Å². The van der Waals surface area contributed by atoms with Gasteiger partial charge in [0.25, 0.3) is 0 Å². The SMILES string of the molecule is COC(=O)C(N)C1CCC(C)C(C)C1. The zero-order valence-corrected chi connectivity index (χ0v) is 9.32. The van der Waals surface area contributed by atoms with Crippen LogP contribution < -0.4 is 5.73 Å². The summed E-state index contributed by atoms with van der Waals surface area (Å²) in [5.74, 6) is 1.48. The molecule has 0 aromatic carbocycles. The Balaban J connectivity index is 2.50. The molecule has 0 aliphatic heterocycles. The van der Waals surface area contributed by atoms with Gasteiger partial charge in [-0.15, -0.1) is 0 Å². The molecule has 0 bridgehead atoms. The van der Waals surface area contributed by atoms with Crippen molar-refractivity contribution in [3.63, 3.8) is 0 Å². The molecule has 4 unspecified atom stereocenters. The van der Waals surface area contributed by atoms with Gasteiger partial charge in [0.2, 0.25) is 0 Å². The van der Waals surface area contributed by atoms with Crippen molar-refractivity contribution in [3.05, 3.63) is 0 Å². The molecule has 3 nitrogen and oxygen atoms in total. The zero-order valence-electron chi connectivity index (χ0n) is 9.32. The molecule has 0 spiro atoms. The average molecular weight is 199 g/mol. The highest BCUT2D eigenvalue weighted by molar-refractivity contribution is 5.75. The van der Waals surface area contributed by atoms with Gasteiger partial charge in [-0.25, -0.2) is 0 Å². The Morgan fingerprint density at radius 1 is 1.36 bits per heavy atom. The molecule has 0 aromatic heterocycles. The third kappa shape index (κ3) is 2.47. The third-order valence-electron chi connectivity index (χ3n) is 3.62. The molecule has 0 heterocycles. The van der Waals surface area contributed by atoms with E-state index in [-0.39, 0.29) is 5.97 Å². The molecule has 1 fully saturated rings. The molecule has 0 amide bonds. The van der Waals surface area contributed by atoms with Crippen LogP contribution in [-0.2, 0) is 9.53 Å². The molecule has 82 valence electrons. The fourth-order valence-electron chi connectivity index (χ4n) is 2.24. The molecule has 4 atom stereocenters. The maximum Gasteiger partial charge on any atom is 0.322 e. The first-order valence-electron chi connectivity index (χ1n) is 5.39. The van der Waals surface area contributed by atoms with Crippen molar-refractivity contribution in [2.75, 3.05) is 7.11 Å². The van der Waals surface area contributed by atoms with Crippen molar-refractivity contribution in [2.45, 2.75) is 39.2 Å². The molecule has 1 aliphatic carbocycles. The average Bonchev–Trinajstić information content (AvgIpc) is 2.20. The topological polar surface area (TPSA) is 52.3 Å². The molecule has 1 rings (SSSR count). The summed E-state index contributed by atoms with van der Waals surface area (Å²) in [7, 11) is 1.40. The number of carbonyl (C=O) groups is 1. The van der Waals surface area contributed by atoms with E-state index in [9.17, 15) is 4.79 Å². The van der Waals surface area contributed by atoms with E-state index in [2.05, 4.69) is 18.6 Å². The maximum absolute atomic E-state index is 11.3. The molecule has 1 saturated carbocycles. The van der Waals surface area contributed by atoms with Crippen molar-refractivity contribution in [1.82, 2.24) is 0 Å². The van der Waals surface area contributed by atoms with Crippen molar-refractivity contribution >= 4 is 5.97 Å². The molecular formula is C11H21NO2. The lowest BCUT2D eigenvalue weighted by Gasteiger charge is -2.34. The van der Waals surface area contributed by atoms with Crippen LogP contribution in [-0.4, -0.2) is 19.1 Å². The Kier molecular flexibility index (Phi) is 3.93. The highest BCUT2D eigenvalue weighted by Crippen LogP contribution is 2.34. The number of ether oxygens (including phenoxy) is 1. The van der Waals surface area contributed by atoms with E-state index in [1.54, 1.807) is 0 Å². The summed E-state index contributed by atoms with van der Waals surface area (Å²) in [5, 5.41) is 0. The molecular weight excluding hydrogens is 178 g/mol. The fraction of sp³-hybridized carbons (Fsp3) is 0.909. The Morgan fingerprint density at radius 3 is 2.50 bits per heavy atom. The van der Waals surface area contributed by atoms with E-state index < -0.39 is 6.04 Å². The van der Waals surface area contributed by atoms with Gasteiger partial charge in [-0.2, -0.15) is 0 Å². The number of carbonyl (C=O) groups excluding carboxylic acids is 1. The van der Waals surface area contributed by atoms with Gasteiger partial charge in [0.05, 0.1) is 7.11 Å². The minimum atomic E-state index is -0.421. The van der Waals surface area contributed by atoms with Crippen molar-refractivity contribution in [3.8, 4) is 0 Å². The van der Waals surface area contributed by atoms with Crippen LogP contribution in [0.3, 0.4) is 0 Å². The number of esters is 1. The molecule has 2 N–H and O–H groups in total. The number of nitrogens with two attached hydrogens (primary N) is 1. The van der Waals surface area contributed by atoms with Gasteiger partial charge in [-0.3, -0.25) is 4.79 Å². The second-order valence-corrected chi connectivity index (χ2v) is 4.58. The van der Waals surface area contributed by atoms with Gasteiger partial charge in [0, 0.05) is 0 Å². The van der Waals surface area contributed by atoms with Crippen molar-refractivity contribution < 1.29 is 9.53 Å². The smallest absolute Gasteiger partial charge is 0.322 e. The van der Waals surface area contributed by atoms with Crippen LogP contribution in [0.25, 0.3) is 0 Å². The number of rotatable bonds is 2. The number of hydrogen-bond donors (Lipinski definition) is 1. The van der Waals surface area contributed by atoms with Crippen molar-refractivity contribution in [2.24, 2.45) is 23.5 Å². The lowest BCUT2D eigenvalue weighted by atomic mass is 9.73. The monoisotopic (exact) mass is 199 g/mol. The molecule has 1 aliphatic rings. The van der Waals surface area contributed by atoms with Gasteiger partial charge in [-0.05, 0) is 30.6 Å². The fourth-order valence-corrected chi connectivity index (χ4v) is 2.24. The first-order chi connectivity index (χ1) is 6.56. The third-order valence-corrected chi connectivity index (χ3v) is 3.62. The van der Waals surface area contributed by atoms with Crippen molar-refractivity contribution in [1.29, 1.82) is 0 Å². The van der Waals surface area contributed by atoms with E-state index >= 15 is 0 Å². The molecule has 14 heavy (non-hydrogen) atoms. The normalized spacial score (nSPS) is 35.0. The van der Waals surface area contributed by atoms with E-state index in [0.29, 0.717) is 11.8 Å². The van der Waals surface area contributed by atoms with Crippen LogP contribution in [0.2, 0.25) is 0 Å². The molecule has 0 radical (unpaired) electrons. The minimum Gasteiger partial charge on any atom is -0.468 e. The maximum atomic E-state index is 11.3. The summed E-state index contributed by atoms with van der Waals surface area (Å²) in [6.45, 7) is 4.51. The number of methoxy groups -OCH3 is 1. The minimum absolute atomic E-state index is 0.267. The summed E-state index contributed by atoms with van der Waals surface area (Å²) in [6, 6.07) is -0.421. The summed E-state index contributed by atoms with van der Waals surface area (Å²) in [4.78, 5) is 11.3. The summed E-state index contributed by atoms with van der Waals surface area (Å²) in [5.41, 5.74) is 5.84. The van der Waals surface area contributed by atoms with Gasteiger partial charge < -0.3 is 10.5 Å². The Morgan fingerprint density at radius 2 is 2.00 bits per heavy atom. The van der Waals surface area contributed by atoms with Gasteiger partial charge >= 0.3 is 5.97 Å². The van der Waals surface area contributed by atoms with Crippen LogP contribution in [0.4, 0.5) is 0 Å². The summed E-state index contributed by atoms with van der Waals surface area (Å²) in [6.07, 6.45) is 3.29. The lowest BCUT2D eigenvalue weighted by molar-refractivity contribution is -0.144. The number of hydrogen-bond acceptors (Lipinski definition) is 3. The lowest BCUT2D eigenvalue weighted by Crippen LogP contribution is -2.42. The van der Waals surface area contributed by atoms with E-state index in [0.717, 1.165) is 18.8 Å². The van der Waals surface area contributed by atoms with Crippen LogP contribution in [0.1, 0.15) is 33.1 Å². The predicted octanol–water partition coefficient (Wildman–Crippen LogP) is 1.56. The Labute approximate surface area is 86.0 Å². The van der Waals surface area contributed by atoms with E-state index in [4.69, 9.17) is 5.73 Å². The highest BCUT2D eigenvalue weighted by atomic mass is 16.5. The Hall–Kier alpha value is -0.570. The molecule has 0 aromatic rings. The quantitative estimate of drug-likeness (QED) is 0.687. The largest absolute Gasteiger partial charge is 0.468 e. The summed E-state index contributed by atoms with van der Waals surface area (Å²) < 4.78 is 4.66. The zero-order chi connectivity index (χ0) is 10.7. The van der Waals surface area contributed by atoms with E-state index in [1.807, 2.05) is 0 Å². The van der Waals surface area contributed by atoms with Gasteiger partial charge in [0.15, 0.2) is 0 Å². The standard InChI is InChI=1S/C11H21NO2/c1-7-4-5-9(6-8(7)2)10(12)11(13)14-3/h7-10H,4-6,12H2,1-3H3. The summed E-state index contributed by atoms with van der Waals surface area (Å²) >= 11 is 0. The van der Waals surface area contributed by atoms with Crippen LogP contribution in [0, 0.1) is 17.8 Å². The van der Waals surface area contributed by atoms with Gasteiger partial charge in [0.1, 0.15) is 6.04 Å². The van der Waals surface area contributed by atoms with E-state index in [1.165, 1.54) is 13.5 Å². The van der Waals surface area contributed by atoms with Crippen LogP contribution >= 0.6 is 0 Å². The second kappa shape index (κ2) is 4.78. The first-order valence-corrected chi connectivity index (χ1v) is 5.39. The van der Waals surface area contributed by atoms with Gasteiger partial charge in [-0.1, -0.05) is 20.3 Å². The second-order valence-electron chi connectivity index (χ2n) is 4.58. The predicted molar refractivity (Wildman–Crippen MR) is 55.7 cm³/mol. The first kappa shape index (κ1) is 11.5. The van der Waals surface area contributed by atoms with Crippen LogP contribution in [0.15, 0.2) is 0 Å². The Bertz CT molecular complexity index is 205. The molecule has 0 saturated heterocycles. The highest BCUT2D eigenvalue weighted by Gasteiger charge is 2.32. The molecule has 3 heteroatoms.